The number of nitrogens with one attached hydrogen (secondary N) is 4. The van der Waals surface area contributed by atoms with Crippen LogP contribution in [0.15, 0.2) is 29.2 Å². The second-order valence-corrected chi connectivity index (χ2v) is 5.46. The fourth-order valence-electron chi connectivity index (χ4n) is 2.75. The highest BCUT2D eigenvalue weighted by atomic mass is 16.2. The van der Waals surface area contributed by atoms with Crippen molar-refractivity contribution >= 4 is 22.4 Å². The van der Waals surface area contributed by atoms with E-state index in [1.165, 1.54) is 0 Å². The summed E-state index contributed by atoms with van der Waals surface area (Å²) in [4.78, 5) is 26.9. The van der Waals surface area contributed by atoms with Crippen molar-refractivity contribution in [1.29, 1.82) is 0 Å². The monoisotopic (exact) mass is 300 g/mol. The predicted molar refractivity (Wildman–Crippen MR) is 87.2 cm³/mol. The minimum atomic E-state index is -0.228. The van der Waals surface area contributed by atoms with Crippen LogP contribution in [-0.4, -0.2) is 36.6 Å². The number of aromatic amines is 1. The van der Waals surface area contributed by atoms with Crippen LogP contribution in [0.25, 0.3) is 10.8 Å². The Bertz CT molecular complexity index is 747. The average Bonchev–Trinajstić information content (AvgIpc) is 2.55. The van der Waals surface area contributed by atoms with Crippen molar-refractivity contribution in [3.63, 3.8) is 0 Å². The maximum Gasteiger partial charge on any atom is 0.255 e. The molecule has 1 aromatic heterocycles. The third-order valence-corrected chi connectivity index (χ3v) is 3.99. The topological polar surface area (TPSA) is 86.0 Å². The van der Waals surface area contributed by atoms with E-state index >= 15 is 0 Å². The fraction of sp³-hybridized carbons (Fsp3) is 0.375. The molecular weight excluding hydrogens is 280 g/mol. The zero-order valence-electron chi connectivity index (χ0n) is 12.5. The molecule has 0 bridgehead atoms. The van der Waals surface area contributed by atoms with Gasteiger partial charge in [0.05, 0.1) is 6.04 Å². The third kappa shape index (κ3) is 2.88. The van der Waals surface area contributed by atoms with Gasteiger partial charge in [-0.3, -0.25) is 9.59 Å². The van der Waals surface area contributed by atoms with Crippen molar-refractivity contribution in [2.45, 2.75) is 19.4 Å². The van der Waals surface area contributed by atoms with Crippen molar-refractivity contribution in [2.75, 3.05) is 25.0 Å². The van der Waals surface area contributed by atoms with E-state index < -0.39 is 0 Å². The van der Waals surface area contributed by atoms with E-state index in [-0.39, 0.29) is 17.5 Å². The van der Waals surface area contributed by atoms with Crippen LogP contribution in [0.3, 0.4) is 0 Å². The first-order valence-corrected chi connectivity index (χ1v) is 7.58. The SMILES string of the molecule is CCc1cc2c(=O)[nH]ccc2cc1NC(=O)C1CNCCN1. The van der Waals surface area contributed by atoms with Crippen molar-refractivity contribution in [3.05, 3.63) is 40.3 Å². The molecule has 1 aliphatic heterocycles. The van der Waals surface area contributed by atoms with Gasteiger partial charge in [0.25, 0.3) is 5.56 Å². The minimum Gasteiger partial charge on any atom is -0.329 e. The molecule has 1 unspecified atom stereocenters. The Morgan fingerprint density at radius 1 is 1.36 bits per heavy atom. The molecule has 1 amide bonds. The van der Waals surface area contributed by atoms with E-state index in [0.717, 1.165) is 36.1 Å². The van der Waals surface area contributed by atoms with Gasteiger partial charge in [-0.05, 0) is 35.6 Å². The molecule has 3 rings (SSSR count). The van der Waals surface area contributed by atoms with Crippen LogP contribution in [0, 0.1) is 0 Å². The normalized spacial score (nSPS) is 18.3. The number of carbonyl (C=O) groups excluding carboxylic acids is 1. The van der Waals surface area contributed by atoms with Gasteiger partial charge in [-0.2, -0.15) is 0 Å². The van der Waals surface area contributed by atoms with Crippen LogP contribution >= 0.6 is 0 Å². The molecule has 2 heterocycles. The first-order valence-electron chi connectivity index (χ1n) is 7.58. The summed E-state index contributed by atoms with van der Waals surface area (Å²) in [6.45, 7) is 4.30. The highest BCUT2D eigenvalue weighted by molar-refractivity contribution is 5.98. The standard InChI is InChI=1S/C16H20N4O2/c1-2-10-7-12-11(3-4-19-15(12)21)8-13(10)20-16(22)14-9-17-5-6-18-14/h3-4,7-8,14,17-18H,2,5-6,9H2,1H3,(H,19,21)(H,20,22). The van der Waals surface area contributed by atoms with Gasteiger partial charge in [-0.25, -0.2) is 0 Å². The lowest BCUT2D eigenvalue weighted by atomic mass is 10.0. The highest BCUT2D eigenvalue weighted by Gasteiger charge is 2.21. The Morgan fingerprint density at radius 3 is 2.95 bits per heavy atom. The Morgan fingerprint density at radius 2 is 2.23 bits per heavy atom. The van der Waals surface area contributed by atoms with Crippen molar-refractivity contribution in [2.24, 2.45) is 0 Å². The first-order chi connectivity index (χ1) is 10.7. The smallest absolute Gasteiger partial charge is 0.255 e. The van der Waals surface area contributed by atoms with Gasteiger partial charge in [0.1, 0.15) is 0 Å². The van der Waals surface area contributed by atoms with Gasteiger partial charge in [0, 0.05) is 36.9 Å². The number of anilines is 1. The molecule has 0 radical (unpaired) electrons. The number of H-pyrrole nitrogens is 1. The van der Waals surface area contributed by atoms with Gasteiger partial charge in [-0.15, -0.1) is 0 Å². The van der Waals surface area contributed by atoms with Gasteiger partial charge < -0.3 is 20.9 Å². The molecule has 1 aliphatic rings. The molecule has 6 nitrogen and oxygen atoms in total. The van der Waals surface area contributed by atoms with Crippen LogP contribution in [0.2, 0.25) is 0 Å². The van der Waals surface area contributed by atoms with E-state index in [1.54, 1.807) is 6.20 Å². The predicted octanol–water partition coefficient (Wildman–Crippen LogP) is 0.590. The zero-order valence-corrected chi connectivity index (χ0v) is 12.5. The van der Waals surface area contributed by atoms with Gasteiger partial charge in [-0.1, -0.05) is 6.92 Å². The summed E-state index contributed by atoms with van der Waals surface area (Å²) in [5, 5.41) is 10.9. The fourth-order valence-corrected chi connectivity index (χ4v) is 2.75. The summed E-state index contributed by atoms with van der Waals surface area (Å²) in [5.41, 5.74) is 1.63. The quantitative estimate of drug-likeness (QED) is 0.668. The number of pyridine rings is 1. The Kier molecular flexibility index (Phi) is 4.22. The molecule has 116 valence electrons. The van der Waals surface area contributed by atoms with Crippen LogP contribution in [0.1, 0.15) is 12.5 Å². The van der Waals surface area contributed by atoms with Crippen LogP contribution in [0.5, 0.6) is 0 Å². The number of fused-ring (bicyclic) bond motifs is 1. The van der Waals surface area contributed by atoms with Gasteiger partial charge in [0.15, 0.2) is 0 Å². The minimum absolute atomic E-state index is 0.0499. The molecular formula is C16H20N4O2. The van der Waals surface area contributed by atoms with Crippen molar-refractivity contribution in [1.82, 2.24) is 15.6 Å². The summed E-state index contributed by atoms with van der Waals surface area (Å²) < 4.78 is 0. The molecule has 2 aromatic rings. The summed E-state index contributed by atoms with van der Waals surface area (Å²) in [5.74, 6) is -0.0499. The van der Waals surface area contributed by atoms with Crippen LogP contribution in [0.4, 0.5) is 5.69 Å². The maximum absolute atomic E-state index is 12.4. The van der Waals surface area contributed by atoms with E-state index in [0.29, 0.717) is 11.9 Å². The van der Waals surface area contributed by atoms with E-state index in [2.05, 4.69) is 20.9 Å². The number of hydrogen-bond acceptors (Lipinski definition) is 4. The lowest BCUT2D eigenvalue weighted by Crippen LogP contribution is -2.54. The first kappa shape index (κ1) is 14.7. The summed E-state index contributed by atoms with van der Waals surface area (Å²) in [6.07, 6.45) is 2.37. The Hall–Kier alpha value is -2.18. The number of aromatic nitrogens is 1. The molecule has 1 saturated heterocycles. The average molecular weight is 300 g/mol. The van der Waals surface area contributed by atoms with Crippen LogP contribution < -0.4 is 21.5 Å². The number of piperazine rings is 1. The van der Waals surface area contributed by atoms with Gasteiger partial charge >= 0.3 is 0 Å². The van der Waals surface area contributed by atoms with E-state index in [1.807, 2.05) is 25.1 Å². The molecule has 4 N–H and O–H groups in total. The Balaban J connectivity index is 1.92. The molecule has 22 heavy (non-hydrogen) atoms. The number of benzene rings is 1. The summed E-state index contributed by atoms with van der Waals surface area (Å²) >= 11 is 0. The number of rotatable bonds is 3. The molecule has 1 atom stereocenters. The zero-order chi connectivity index (χ0) is 15.5. The molecule has 6 heteroatoms. The van der Waals surface area contributed by atoms with E-state index in [4.69, 9.17) is 0 Å². The second kappa shape index (κ2) is 6.29. The molecule has 1 fully saturated rings. The Labute approximate surface area is 128 Å². The lowest BCUT2D eigenvalue weighted by molar-refractivity contribution is -0.118. The van der Waals surface area contributed by atoms with Crippen molar-refractivity contribution in [3.8, 4) is 0 Å². The largest absolute Gasteiger partial charge is 0.329 e. The van der Waals surface area contributed by atoms with Gasteiger partial charge in [0.2, 0.25) is 5.91 Å². The van der Waals surface area contributed by atoms with E-state index in [9.17, 15) is 9.59 Å². The lowest BCUT2D eigenvalue weighted by Gasteiger charge is -2.24. The number of aryl methyl sites for hydroxylation is 1. The highest BCUT2D eigenvalue weighted by Crippen LogP contribution is 2.22. The third-order valence-electron chi connectivity index (χ3n) is 3.99. The van der Waals surface area contributed by atoms with Crippen LogP contribution in [-0.2, 0) is 11.2 Å². The number of hydrogen-bond donors (Lipinski definition) is 4. The molecule has 0 aliphatic carbocycles. The maximum atomic E-state index is 12.4. The molecule has 0 saturated carbocycles. The number of carbonyl (C=O) groups is 1. The number of amides is 1. The summed E-state index contributed by atoms with van der Waals surface area (Å²) in [7, 11) is 0. The molecule has 0 spiro atoms. The van der Waals surface area contributed by atoms with Crippen molar-refractivity contribution < 1.29 is 4.79 Å². The second-order valence-electron chi connectivity index (χ2n) is 5.46. The molecule has 1 aromatic carbocycles. The summed E-state index contributed by atoms with van der Waals surface area (Å²) in [6, 6.07) is 5.34.